The molecule has 0 radical (unpaired) electrons. The van der Waals surface area contributed by atoms with Crippen LogP contribution in [-0.4, -0.2) is 5.09 Å². The quantitative estimate of drug-likeness (QED) is 0.230. The summed E-state index contributed by atoms with van der Waals surface area (Å²) in [6.07, 6.45) is 0. The van der Waals surface area contributed by atoms with Crippen LogP contribution in [0.4, 0.5) is 0 Å². The van der Waals surface area contributed by atoms with Crippen molar-refractivity contribution in [3.63, 3.8) is 0 Å². The first kappa shape index (κ1) is 20.1. The molecule has 0 aliphatic carbocycles. The molecule has 24 heavy (non-hydrogen) atoms. The maximum Gasteiger partial charge on any atom is 1.00 e. The maximum atomic E-state index is 8.25. The van der Waals surface area contributed by atoms with Crippen molar-refractivity contribution >= 4 is 23.8 Å². The Kier molecular flexibility index (Phi) is 8.98. The third-order valence-corrected chi connectivity index (χ3v) is 5.49. The fraction of sp³-hybridized carbons (Fsp3) is 0. The molecule has 0 spiro atoms. The van der Waals surface area contributed by atoms with Crippen LogP contribution in [0.25, 0.3) is 0 Å². The van der Waals surface area contributed by atoms with E-state index in [0.717, 1.165) is 0 Å². The molecule has 3 aromatic rings. The molecule has 0 aliphatic heterocycles. The van der Waals surface area contributed by atoms with Crippen LogP contribution in [0.15, 0.2) is 91.0 Å². The molecule has 0 N–H and O–H groups in total. The minimum absolute atomic E-state index is 0. The molecule has 0 saturated carbocycles. The molecule has 126 valence electrons. The van der Waals surface area contributed by atoms with Gasteiger partial charge in [0.05, 0.1) is 5.09 Å². The van der Waals surface area contributed by atoms with Crippen molar-refractivity contribution in [3.8, 4) is 0 Å². The van der Waals surface area contributed by atoms with Crippen LogP contribution in [-0.2, 0) is 22.4 Å². The summed E-state index contributed by atoms with van der Waals surface area (Å²) in [5, 5.41) is 18.9. The van der Waals surface area contributed by atoms with E-state index in [1.165, 1.54) is 15.9 Å². The predicted molar refractivity (Wildman–Crippen MR) is 95.5 cm³/mol. The van der Waals surface area contributed by atoms with Crippen LogP contribution < -0.4 is 15.9 Å². The summed E-state index contributed by atoms with van der Waals surface area (Å²) >= 11 is 0. The predicted octanol–water partition coefficient (Wildman–Crippen LogP) is 3.20. The van der Waals surface area contributed by atoms with Gasteiger partial charge in [0, 0.05) is 0 Å². The van der Waals surface area contributed by atoms with Gasteiger partial charge in [-0.2, -0.15) is 0 Å². The molecule has 0 bridgehead atoms. The van der Waals surface area contributed by atoms with E-state index in [0.29, 0.717) is 0 Å². The van der Waals surface area contributed by atoms with Crippen LogP contribution >= 0.6 is 7.92 Å². The second kappa shape index (κ2) is 10.7. The van der Waals surface area contributed by atoms with Gasteiger partial charge in [-0.3, -0.25) is 0 Å². The first-order valence-corrected chi connectivity index (χ1v) is 8.29. The summed E-state index contributed by atoms with van der Waals surface area (Å²) in [7, 11) is -0.446. The minimum Gasteiger partial charge on any atom is -0.356 e. The van der Waals surface area contributed by atoms with Gasteiger partial charge in [-0.05, 0) is 23.8 Å². The monoisotopic (exact) mass is 521 g/mol. The molecule has 4 nitrogen and oxygen atoms in total. The maximum absolute atomic E-state index is 8.25. The van der Waals surface area contributed by atoms with E-state index in [9.17, 15) is 0 Å². The van der Waals surface area contributed by atoms with Crippen molar-refractivity contribution in [2.45, 2.75) is 0 Å². The average Bonchev–Trinajstić information content (AvgIpc) is 2.58. The van der Waals surface area contributed by atoms with Crippen molar-refractivity contribution in [2.24, 2.45) is 0 Å². The molecule has 3 rings (SSSR count). The van der Waals surface area contributed by atoms with Gasteiger partial charge >= 0.3 is 22.4 Å². The fourth-order valence-electron chi connectivity index (χ4n) is 2.18. The van der Waals surface area contributed by atoms with Gasteiger partial charge in [-0.1, -0.05) is 91.0 Å². The van der Waals surface area contributed by atoms with Gasteiger partial charge in [-0.15, -0.1) is 0 Å². The molecule has 3 aromatic carbocycles. The Labute approximate surface area is 157 Å². The zero-order valence-electron chi connectivity index (χ0n) is 12.6. The first-order valence-electron chi connectivity index (χ1n) is 6.95. The molecule has 0 heterocycles. The molecular formula is C18H15AuNO3P. The average molecular weight is 521 g/mol. The van der Waals surface area contributed by atoms with E-state index >= 15 is 0 Å². The second-order valence-electron chi connectivity index (χ2n) is 4.57. The third kappa shape index (κ3) is 6.26. The van der Waals surface area contributed by atoms with Crippen molar-refractivity contribution in [3.05, 3.63) is 106 Å². The molecule has 6 heteroatoms. The van der Waals surface area contributed by atoms with Gasteiger partial charge in [0.2, 0.25) is 0 Å². The Morgan fingerprint density at radius 1 is 0.583 bits per heavy atom. The largest absolute Gasteiger partial charge is 1.00 e. The number of nitrogens with zero attached hydrogens (tertiary/aromatic N) is 1. The summed E-state index contributed by atoms with van der Waals surface area (Å²) in [4.78, 5) is 8.25. The van der Waals surface area contributed by atoms with E-state index in [4.69, 9.17) is 15.3 Å². The molecule has 0 aromatic heterocycles. The number of hydrogen-bond donors (Lipinski definition) is 0. The molecule has 0 saturated heterocycles. The smallest absolute Gasteiger partial charge is 0.356 e. The van der Waals surface area contributed by atoms with E-state index in [-0.39, 0.29) is 22.4 Å². The van der Waals surface area contributed by atoms with Gasteiger partial charge < -0.3 is 15.3 Å². The Morgan fingerprint density at radius 2 is 0.792 bits per heavy atom. The van der Waals surface area contributed by atoms with Gasteiger partial charge in [0.15, 0.2) is 0 Å². The Balaban J connectivity index is 0.000000522. The number of benzene rings is 3. The van der Waals surface area contributed by atoms with Gasteiger partial charge in [0.25, 0.3) is 0 Å². The Hall–Kier alpha value is -1.97. The Morgan fingerprint density at radius 3 is 1.00 bits per heavy atom. The van der Waals surface area contributed by atoms with Crippen molar-refractivity contribution in [2.75, 3.05) is 0 Å². The van der Waals surface area contributed by atoms with Crippen LogP contribution in [0.5, 0.6) is 0 Å². The van der Waals surface area contributed by atoms with Crippen molar-refractivity contribution in [1.82, 2.24) is 0 Å². The van der Waals surface area contributed by atoms with Crippen LogP contribution in [0.2, 0.25) is 0 Å². The SMILES string of the molecule is O=[N+]([O-])[O-].[Au+].c1ccc(P(c2ccccc2)c2ccccc2)cc1. The zero-order chi connectivity index (χ0) is 16.5. The van der Waals surface area contributed by atoms with E-state index < -0.39 is 13.0 Å². The molecule has 0 unspecified atom stereocenters. The van der Waals surface area contributed by atoms with E-state index in [1.54, 1.807) is 0 Å². The van der Waals surface area contributed by atoms with Crippen LogP contribution in [0.1, 0.15) is 0 Å². The van der Waals surface area contributed by atoms with Crippen molar-refractivity contribution in [1.29, 1.82) is 0 Å². The number of rotatable bonds is 3. The summed E-state index contributed by atoms with van der Waals surface area (Å²) in [6.45, 7) is 0. The molecule has 0 aliphatic rings. The summed E-state index contributed by atoms with van der Waals surface area (Å²) in [5.41, 5.74) is 0. The molecular weight excluding hydrogens is 506 g/mol. The van der Waals surface area contributed by atoms with E-state index in [1.807, 2.05) is 0 Å². The summed E-state index contributed by atoms with van der Waals surface area (Å²) in [5.74, 6) is 0. The second-order valence-corrected chi connectivity index (χ2v) is 6.79. The number of hydrogen-bond acceptors (Lipinski definition) is 3. The van der Waals surface area contributed by atoms with Crippen LogP contribution in [0, 0.1) is 15.3 Å². The Bertz CT molecular complexity index is 629. The zero-order valence-corrected chi connectivity index (χ0v) is 15.6. The van der Waals surface area contributed by atoms with E-state index in [2.05, 4.69) is 91.0 Å². The molecule has 0 fully saturated rings. The summed E-state index contributed by atoms with van der Waals surface area (Å²) < 4.78 is 0. The summed E-state index contributed by atoms with van der Waals surface area (Å²) in [6, 6.07) is 32.3. The van der Waals surface area contributed by atoms with Gasteiger partial charge in [0.1, 0.15) is 0 Å². The van der Waals surface area contributed by atoms with Gasteiger partial charge in [-0.25, -0.2) is 0 Å². The standard InChI is InChI=1S/C18H15P.Au.NO3/c1-4-10-16(11-5-1)19(17-12-6-2-7-13-17)18-14-8-3-9-15-18;;2-1(3)4/h1-15H;;/q;+1;-1. The van der Waals surface area contributed by atoms with Crippen molar-refractivity contribution < 1.29 is 27.5 Å². The normalized spacial score (nSPS) is 9.38. The first-order chi connectivity index (χ1) is 11.2. The fourth-order valence-corrected chi connectivity index (χ4v) is 4.48. The third-order valence-electron chi connectivity index (χ3n) is 3.04. The molecule has 0 atom stereocenters. The molecule has 0 amide bonds. The minimum atomic E-state index is -1.75. The van der Waals surface area contributed by atoms with Crippen LogP contribution in [0.3, 0.4) is 0 Å². The topological polar surface area (TPSA) is 66.2 Å².